The zero-order valence-corrected chi connectivity index (χ0v) is 13.6. The molecule has 2 aromatic carbocycles. The van der Waals surface area contributed by atoms with Crippen molar-refractivity contribution in [1.82, 2.24) is 5.32 Å². The van der Waals surface area contributed by atoms with E-state index in [4.69, 9.17) is 5.73 Å². The second-order valence-electron chi connectivity index (χ2n) is 5.17. The van der Waals surface area contributed by atoms with Crippen LogP contribution in [0.25, 0.3) is 0 Å². The molecule has 2 aromatic rings. The number of carbonyl (C=O) groups is 1. The van der Waals surface area contributed by atoms with E-state index >= 15 is 0 Å². The fraction of sp³-hybridized carbons (Fsp3) is 0.235. The third-order valence-corrected chi connectivity index (χ3v) is 3.73. The summed E-state index contributed by atoms with van der Waals surface area (Å²) in [6.07, 6.45) is 1.85. The average Bonchev–Trinajstić information content (AvgIpc) is 2.45. The largest absolute Gasteiger partial charge is 0.399 e. The van der Waals surface area contributed by atoms with Crippen molar-refractivity contribution in [2.75, 3.05) is 5.73 Å². The van der Waals surface area contributed by atoms with Gasteiger partial charge in [-0.2, -0.15) is 0 Å². The molecule has 0 bridgehead atoms. The van der Waals surface area contributed by atoms with Crippen molar-refractivity contribution in [2.24, 2.45) is 0 Å². The highest BCUT2D eigenvalue weighted by molar-refractivity contribution is 9.10. The van der Waals surface area contributed by atoms with Crippen LogP contribution in [-0.2, 0) is 6.42 Å². The van der Waals surface area contributed by atoms with Crippen LogP contribution in [0, 0.1) is 0 Å². The Morgan fingerprint density at radius 3 is 2.62 bits per heavy atom. The SMILES string of the molecule is CC(CCc1ccccc1)NC(=O)c1cc(N)cc(Br)c1. The summed E-state index contributed by atoms with van der Waals surface area (Å²) in [5, 5.41) is 3.01. The number of hydrogen-bond acceptors (Lipinski definition) is 2. The van der Waals surface area contributed by atoms with Gasteiger partial charge in [0.2, 0.25) is 0 Å². The van der Waals surface area contributed by atoms with Crippen molar-refractivity contribution in [3.05, 3.63) is 64.1 Å². The third kappa shape index (κ3) is 4.90. The van der Waals surface area contributed by atoms with Gasteiger partial charge in [0.25, 0.3) is 5.91 Å². The lowest BCUT2D eigenvalue weighted by Crippen LogP contribution is -2.32. The van der Waals surface area contributed by atoms with E-state index < -0.39 is 0 Å². The van der Waals surface area contributed by atoms with Crippen LogP contribution in [0.15, 0.2) is 53.0 Å². The Balaban J connectivity index is 1.90. The molecule has 0 spiro atoms. The summed E-state index contributed by atoms with van der Waals surface area (Å²) in [6, 6.07) is 15.6. The van der Waals surface area contributed by atoms with Crippen LogP contribution in [-0.4, -0.2) is 11.9 Å². The minimum absolute atomic E-state index is 0.0939. The predicted molar refractivity (Wildman–Crippen MR) is 90.2 cm³/mol. The van der Waals surface area contributed by atoms with E-state index in [-0.39, 0.29) is 11.9 Å². The standard InChI is InChI=1S/C17H19BrN2O/c1-12(7-8-13-5-3-2-4-6-13)20-17(21)14-9-15(18)11-16(19)10-14/h2-6,9-12H,7-8,19H2,1H3,(H,20,21). The zero-order chi connectivity index (χ0) is 15.2. The van der Waals surface area contributed by atoms with E-state index in [0.29, 0.717) is 11.3 Å². The summed E-state index contributed by atoms with van der Waals surface area (Å²) >= 11 is 3.35. The molecule has 4 heteroatoms. The molecule has 0 radical (unpaired) electrons. The highest BCUT2D eigenvalue weighted by Gasteiger charge is 2.11. The monoisotopic (exact) mass is 346 g/mol. The van der Waals surface area contributed by atoms with Crippen LogP contribution in [0.3, 0.4) is 0 Å². The van der Waals surface area contributed by atoms with Crippen LogP contribution in [0.4, 0.5) is 5.69 Å². The molecule has 1 atom stereocenters. The van der Waals surface area contributed by atoms with Gasteiger partial charge in [0.15, 0.2) is 0 Å². The molecular weight excluding hydrogens is 328 g/mol. The molecule has 0 aliphatic heterocycles. The third-order valence-electron chi connectivity index (χ3n) is 3.27. The zero-order valence-electron chi connectivity index (χ0n) is 12.0. The Hall–Kier alpha value is -1.81. The number of anilines is 1. The van der Waals surface area contributed by atoms with Crippen LogP contribution in [0.1, 0.15) is 29.3 Å². The predicted octanol–water partition coefficient (Wildman–Crippen LogP) is 3.78. The number of nitrogens with two attached hydrogens (primary N) is 1. The molecule has 3 N–H and O–H groups in total. The fourth-order valence-electron chi connectivity index (χ4n) is 2.15. The second-order valence-corrected chi connectivity index (χ2v) is 6.09. The van der Waals surface area contributed by atoms with E-state index in [0.717, 1.165) is 17.3 Å². The summed E-state index contributed by atoms with van der Waals surface area (Å²) in [4.78, 5) is 12.2. The van der Waals surface area contributed by atoms with E-state index in [2.05, 4.69) is 33.4 Å². The number of hydrogen-bond donors (Lipinski definition) is 2. The van der Waals surface area contributed by atoms with Gasteiger partial charge in [0.05, 0.1) is 0 Å². The maximum Gasteiger partial charge on any atom is 0.251 e. The number of benzene rings is 2. The van der Waals surface area contributed by atoms with Crippen molar-refractivity contribution in [3.8, 4) is 0 Å². The molecular formula is C17H19BrN2O. The van der Waals surface area contributed by atoms with E-state index in [1.54, 1.807) is 18.2 Å². The molecule has 1 amide bonds. The maximum absolute atomic E-state index is 12.2. The Kier molecular flexibility index (Phi) is 5.39. The van der Waals surface area contributed by atoms with Gasteiger partial charge in [-0.15, -0.1) is 0 Å². The van der Waals surface area contributed by atoms with E-state index in [9.17, 15) is 4.79 Å². The first-order chi connectivity index (χ1) is 10.0. The molecule has 0 saturated heterocycles. The molecule has 3 nitrogen and oxygen atoms in total. The topological polar surface area (TPSA) is 55.1 Å². The maximum atomic E-state index is 12.2. The normalized spacial score (nSPS) is 11.9. The van der Waals surface area contributed by atoms with E-state index in [1.807, 2.05) is 25.1 Å². The molecule has 0 aliphatic rings. The first-order valence-corrected chi connectivity index (χ1v) is 7.75. The summed E-state index contributed by atoms with van der Waals surface area (Å²) in [6.45, 7) is 2.02. The number of nitrogen functional groups attached to an aromatic ring is 1. The van der Waals surface area contributed by atoms with Gasteiger partial charge in [-0.25, -0.2) is 0 Å². The van der Waals surface area contributed by atoms with Crippen LogP contribution < -0.4 is 11.1 Å². The van der Waals surface area contributed by atoms with Crippen molar-refractivity contribution in [3.63, 3.8) is 0 Å². The number of amides is 1. The number of carbonyl (C=O) groups excluding carboxylic acids is 1. The molecule has 0 aromatic heterocycles. The molecule has 0 heterocycles. The van der Waals surface area contributed by atoms with Crippen LogP contribution >= 0.6 is 15.9 Å². The Morgan fingerprint density at radius 2 is 1.95 bits per heavy atom. The Morgan fingerprint density at radius 1 is 1.24 bits per heavy atom. The lowest BCUT2D eigenvalue weighted by Gasteiger charge is -2.14. The van der Waals surface area contributed by atoms with Crippen molar-refractivity contribution >= 4 is 27.5 Å². The fourth-order valence-corrected chi connectivity index (χ4v) is 2.66. The molecule has 110 valence electrons. The molecule has 0 saturated carbocycles. The van der Waals surface area contributed by atoms with Gasteiger partial charge in [-0.05, 0) is 43.5 Å². The minimum Gasteiger partial charge on any atom is -0.399 e. The van der Waals surface area contributed by atoms with Gasteiger partial charge in [0.1, 0.15) is 0 Å². The molecule has 0 fully saturated rings. The van der Waals surface area contributed by atoms with Gasteiger partial charge in [-0.1, -0.05) is 46.3 Å². The van der Waals surface area contributed by atoms with Crippen molar-refractivity contribution in [1.29, 1.82) is 0 Å². The molecule has 1 unspecified atom stereocenters. The molecule has 2 rings (SSSR count). The van der Waals surface area contributed by atoms with Crippen molar-refractivity contribution in [2.45, 2.75) is 25.8 Å². The Labute approximate surface area is 133 Å². The minimum atomic E-state index is -0.0939. The van der Waals surface area contributed by atoms with Crippen LogP contribution in [0.2, 0.25) is 0 Å². The molecule has 21 heavy (non-hydrogen) atoms. The number of nitrogens with one attached hydrogen (secondary N) is 1. The second kappa shape index (κ2) is 7.27. The van der Waals surface area contributed by atoms with Crippen molar-refractivity contribution < 1.29 is 4.79 Å². The highest BCUT2D eigenvalue weighted by Crippen LogP contribution is 2.17. The van der Waals surface area contributed by atoms with Gasteiger partial charge < -0.3 is 11.1 Å². The number of halogens is 1. The lowest BCUT2D eigenvalue weighted by atomic mass is 10.1. The lowest BCUT2D eigenvalue weighted by molar-refractivity contribution is 0.0938. The van der Waals surface area contributed by atoms with E-state index in [1.165, 1.54) is 5.56 Å². The summed E-state index contributed by atoms with van der Waals surface area (Å²) in [7, 11) is 0. The number of rotatable bonds is 5. The quantitative estimate of drug-likeness (QED) is 0.809. The van der Waals surface area contributed by atoms with Gasteiger partial charge in [0, 0.05) is 21.8 Å². The Bertz CT molecular complexity index is 593. The van der Waals surface area contributed by atoms with Gasteiger partial charge >= 0.3 is 0 Å². The summed E-state index contributed by atoms with van der Waals surface area (Å²) < 4.78 is 0.810. The average molecular weight is 347 g/mol. The highest BCUT2D eigenvalue weighted by atomic mass is 79.9. The molecule has 0 aliphatic carbocycles. The first-order valence-electron chi connectivity index (χ1n) is 6.95. The summed E-state index contributed by atoms with van der Waals surface area (Å²) in [5.74, 6) is -0.0939. The van der Waals surface area contributed by atoms with Gasteiger partial charge in [-0.3, -0.25) is 4.79 Å². The van der Waals surface area contributed by atoms with Crippen LogP contribution in [0.5, 0.6) is 0 Å². The first kappa shape index (κ1) is 15.6. The smallest absolute Gasteiger partial charge is 0.251 e. The summed E-state index contributed by atoms with van der Waals surface area (Å²) in [5.41, 5.74) is 8.19. The number of aryl methyl sites for hydroxylation is 1.